The monoisotopic (exact) mass is 400 g/mol. The highest BCUT2D eigenvalue weighted by molar-refractivity contribution is 8.18. The van der Waals surface area contributed by atoms with Gasteiger partial charge >= 0.3 is 0 Å². The molecular formula is C21H21ClN2O2S. The number of hydrogen-bond acceptors (Lipinski definition) is 4. The molecule has 6 heteroatoms. The molecule has 0 saturated carbocycles. The first-order valence-corrected chi connectivity index (χ1v) is 10.0. The highest BCUT2D eigenvalue weighted by Gasteiger charge is 2.31. The summed E-state index contributed by atoms with van der Waals surface area (Å²) in [5, 5.41) is 1.47. The van der Waals surface area contributed by atoms with Gasteiger partial charge in [-0.2, -0.15) is 0 Å². The molecule has 1 aliphatic rings. The summed E-state index contributed by atoms with van der Waals surface area (Å²) >= 11 is 7.57. The number of carbonyl (C=O) groups excluding carboxylic acids is 1. The number of ether oxygens (including phenoxy) is 1. The standard InChI is InChI=1S/C21H21ClN2O2S/c1-3-23-21-24(4-2)20(25)19(27-21)13-15-9-11-17(12-10-15)26-14-16-7-5-6-8-18(16)22/h5-13H,3-4,14H2,1-2H3/b19-13+,23-21?. The van der Waals surface area contributed by atoms with Gasteiger partial charge in [-0.05, 0) is 55.4 Å². The number of rotatable bonds is 6. The highest BCUT2D eigenvalue weighted by atomic mass is 35.5. The third-order valence-corrected chi connectivity index (χ3v) is 5.44. The van der Waals surface area contributed by atoms with E-state index in [4.69, 9.17) is 16.3 Å². The van der Waals surface area contributed by atoms with Crippen LogP contribution in [0.15, 0.2) is 58.4 Å². The van der Waals surface area contributed by atoms with Crippen molar-refractivity contribution >= 4 is 40.5 Å². The predicted octanol–water partition coefficient (Wildman–Crippen LogP) is 5.23. The normalized spacial score (nSPS) is 17.1. The van der Waals surface area contributed by atoms with Crippen LogP contribution in [0.25, 0.3) is 6.08 Å². The van der Waals surface area contributed by atoms with E-state index in [1.54, 1.807) is 4.90 Å². The maximum atomic E-state index is 12.5. The van der Waals surface area contributed by atoms with Crippen LogP contribution in [-0.4, -0.2) is 29.1 Å². The number of halogens is 1. The first-order chi connectivity index (χ1) is 13.1. The zero-order chi connectivity index (χ0) is 19.2. The van der Waals surface area contributed by atoms with Crippen molar-refractivity contribution in [2.24, 2.45) is 4.99 Å². The summed E-state index contributed by atoms with van der Waals surface area (Å²) in [6, 6.07) is 15.3. The van der Waals surface area contributed by atoms with Crippen molar-refractivity contribution < 1.29 is 9.53 Å². The second-order valence-corrected chi connectivity index (χ2v) is 7.28. The fourth-order valence-corrected chi connectivity index (χ4v) is 3.92. The smallest absolute Gasteiger partial charge is 0.266 e. The molecule has 27 heavy (non-hydrogen) atoms. The van der Waals surface area contributed by atoms with Crippen molar-refractivity contribution in [3.8, 4) is 5.75 Å². The van der Waals surface area contributed by atoms with E-state index >= 15 is 0 Å². The Balaban J connectivity index is 1.69. The number of likely N-dealkylation sites (N-methyl/N-ethyl adjacent to an activating group) is 1. The van der Waals surface area contributed by atoms with Crippen LogP contribution in [0.1, 0.15) is 25.0 Å². The van der Waals surface area contributed by atoms with E-state index in [-0.39, 0.29) is 5.91 Å². The summed E-state index contributed by atoms with van der Waals surface area (Å²) in [5.74, 6) is 0.764. The lowest BCUT2D eigenvalue weighted by Crippen LogP contribution is -2.28. The Labute approximate surface area is 168 Å². The number of amides is 1. The molecule has 1 aliphatic heterocycles. The minimum atomic E-state index is 0.00810. The maximum absolute atomic E-state index is 12.5. The largest absolute Gasteiger partial charge is 0.489 e. The Morgan fingerprint density at radius 1 is 1.15 bits per heavy atom. The summed E-state index contributed by atoms with van der Waals surface area (Å²) in [7, 11) is 0. The molecule has 0 atom stereocenters. The average Bonchev–Trinajstić information content (AvgIpc) is 2.97. The van der Waals surface area contributed by atoms with Crippen molar-refractivity contribution in [3.05, 3.63) is 69.6 Å². The predicted molar refractivity (Wildman–Crippen MR) is 113 cm³/mol. The summed E-state index contributed by atoms with van der Waals surface area (Å²) in [5.41, 5.74) is 1.89. The summed E-state index contributed by atoms with van der Waals surface area (Å²) in [4.78, 5) is 19.3. The third-order valence-electron chi connectivity index (χ3n) is 4.03. The van der Waals surface area contributed by atoms with E-state index < -0.39 is 0 Å². The van der Waals surface area contributed by atoms with E-state index in [1.807, 2.05) is 68.5 Å². The number of hydrogen-bond donors (Lipinski definition) is 0. The Bertz CT molecular complexity index is 878. The Morgan fingerprint density at radius 2 is 1.89 bits per heavy atom. The van der Waals surface area contributed by atoms with Gasteiger partial charge in [-0.25, -0.2) is 0 Å². The van der Waals surface area contributed by atoms with Gasteiger partial charge in [0.25, 0.3) is 5.91 Å². The Kier molecular flexibility index (Phi) is 6.58. The first kappa shape index (κ1) is 19.5. The maximum Gasteiger partial charge on any atom is 0.266 e. The fraction of sp³-hybridized carbons (Fsp3) is 0.238. The van der Waals surface area contributed by atoms with E-state index in [0.29, 0.717) is 29.6 Å². The second kappa shape index (κ2) is 9.11. The van der Waals surface area contributed by atoms with Crippen LogP contribution in [0.4, 0.5) is 0 Å². The molecule has 0 aliphatic carbocycles. The molecule has 2 aromatic rings. The molecule has 0 bridgehead atoms. The van der Waals surface area contributed by atoms with E-state index in [1.165, 1.54) is 11.8 Å². The van der Waals surface area contributed by atoms with Crippen LogP contribution in [0.3, 0.4) is 0 Å². The zero-order valence-electron chi connectivity index (χ0n) is 15.3. The number of nitrogens with zero attached hydrogens (tertiary/aromatic N) is 2. The summed E-state index contributed by atoms with van der Waals surface area (Å²) in [6.07, 6.45) is 1.89. The van der Waals surface area contributed by atoms with Crippen molar-refractivity contribution in [3.63, 3.8) is 0 Å². The molecule has 4 nitrogen and oxygen atoms in total. The van der Waals surface area contributed by atoms with Gasteiger partial charge in [0.15, 0.2) is 5.17 Å². The molecule has 1 amide bonds. The van der Waals surface area contributed by atoms with Gasteiger partial charge in [0.05, 0.1) is 4.91 Å². The molecule has 140 valence electrons. The molecule has 1 fully saturated rings. The van der Waals surface area contributed by atoms with Crippen LogP contribution < -0.4 is 4.74 Å². The Hall–Kier alpha value is -2.24. The zero-order valence-corrected chi connectivity index (χ0v) is 16.9. The van der Waals surface area contributed by atoms with Gasteiger partial charge in [-0.3, -0.25) is 14.7 Å². The van der Waals surface area contributed by atoms with Crippen molar-refractivity contribution in [2.75, 3.05) is 13.1 Å². The second-order valence-electron chi connectivity index (χ2n) is 5.87. The average molecular weight is 401 g/mol. The van der Waals surface area contributed by atoms with E-state index in [0.717, 1.165) is 22.0 Å². The van der Waals surface area contributed by atoms with Crippen molar-refractivity contribution in [1.29, 1.82) is 0 Å². The fourth-order valence-electron chi connectivity index (χ4n) is 2.63. The van der Waals surface area contributed by atoms with Crippen molar-refractivity contribution in [2.45, 2.75) is 20.5 Å². The molecule has 0 aromatic heterocycles. The molecule has 0 radical (unpaired) electrons. The Morgan fingerprint density at radius 3 is 2.56 bits per heavy atom. The van der Waals surface area contributed by atoms with Crippen LogP contribution in [0.2, 0.25) is 5.02 Å². The molecular weight excluding hydrogens is 380 g/mol. The third kappa shape index (κ3) is 4.73. The van der Waals surface area contributed by atoms with E-state index in [9.17, 15) is 4.79 Å². The van der Waals surface area contributed by atoms with Gasteiger partial charge in [0, 0.05) is 23.7 Å². The molecule has 1 saturated heterocycles. The molecule has 0 spiro atoms. The number of amidine groups is 1. The molecule has 3 rings (SSSR count). The van der Waals surface area contributed by atoms with Gasteiger partial charge in [-0.15, -0.1) is 0 Å². The molecule has 2 aromatic carbocycles. The van der Waals surface area contributed by atoms with Gasteiger partial charge < -0.3 is 4.74 Å². The first-order valence-electron chi connectivity index (χ1n) is 8.84. The molecule has 0 unspecified atom stereocenters. The molecule has 1 heterocycles. The van der Waals surface area contributed by atoms with E-state index in [2.05, 4.69) is 4.99 Å². The minimum absolute atomic E-state index is 0.00810. The SMILES string of the molecule is CCN=C1S/C(=C/c2ccc(OCc3ccccc3Cl)cc2)C(=O)N1CC. The van der Waals surface area contributed by atoms with Crippen LogP contribution in [0.5, 0.6) is 5.75 Å². The van der Waals surface area contributed by atoms with Crippen LogP contribution >= 0.6 is 23.4 Å². The van der Waals surface area contributed by atoms with Crippen LogP contribution in [0, 0.1) is 0 Å². The van der Waals surface area contributed by atoms with Gasteiger partial charge in [0.2, 0.25) is 0 Å². The number of benzene rings is 2. The topological polar surface area (TPSA) is 41.9 Å². The quantitative estimate of drug-likeness (QED) is 0.623. The van der Waals surface area contributed by atoms with Gasteiger partial charge in [-0.1, -0.05) is 41.9 Å². The number of carbonyl (C=O) groups is 1. The lowest BCUT2D eigenvalue weighted by molar-refractivity contribution is -0.122. The lowest BCUT2D eigenvalue weighted by Gasteiger charge is -2.11. The number of thioether (sulfide) groups is 1. The van der Waals surface area contributed by atoms with Crippen LogP contribution in [-0.2, 0) is 11.4 Å². The lowest BCUT2D eigenvalue weighted by atomic mass is 10.2. The highest BCUT2D eigenvalue weighted by Crippen LogP contribution is 2.32. The number of aliphatic imine (C=N–C) groups is 1. The van der Waals surface area contributed by atoms with Crippen molar-refractivity contribution in [1.82, 2.24) is 4.90 Å². The summed E-state index contributed by atoms with van der Waals surface area (Å²) in [6.45, 7) is 5.62. The molecule has 0 N–H and O–H groups in total. The van der Waals surface area contributed by atoms with Gasteiger partial charge in [0.1, 0.15) is 12.4 Å². The minimum Gasteiger partial charge on any atom is -0.489 e. The summed E-state index contributed by atoms with van der Waals surface area (Å²) < 4.78 is 5.80.